The summed E-state index contributed by atoms with van der Waals surface area (Å²) in [5.41, 5.74) is 4.35. The van der Waals surface area contributed by atoms with Crippen LogP contribution in [0.15, 0.2) is 29.8 Å². The number of rotatable bonds is 4. The van der Waals surface area contributed by atoms with E-state index in [1.165, 1.54) is 22.5 Å². The summed E-state index contributed by atoms with van der Waals surface area (Å²) >= 11 is 1.33. The zero-order chi connectivity index (χ0) is 13.9. The molecule has 1 aliphatic carbocycles. The van der Waals surface area contributed by atoms with Gasteiger partial charge in [0.2, 0.25) is 11.0 Å². The zero-order valence-corrected chi connectivity index (χ0v) is 12.1. The molecule has 1 atom stereocenters. The third-order valence-electron chi connectivity index (χ3n) is 3.63. The van der Waals surface area contributed by atoms with Gasteiger partial charge in [-0.2, -0.15) is 0 Å². The van der Waals surface area contributed by atoms with Gasteiger partial charge in [-0.3, -0.25) is 15.0 Å². The molecule has 20 heavy (non-hydrogen) atoms. The van der Waals surface area contributed by atoms with Gasteiger partial charge in [0, 0.05) is 6.04 Å². The maximum atomic E-state index is 12.0. The van der Waals surface area contributed by atoms with E-state index in [1.807, 2.05) is 7.05 Å². The highest BCUT2D eigenvalue weighted by molar-refractivity contribution is 7.13. The van der Waals surface area contributed by atoms with Crippen molar-refractivity contribution in [1.29, 1.82) is 0 Å². The van der Waals surface area contributed by atoms with Gasteiger partial charge in [0.1, 0.15) is 5.51 Å². The lowest BCUT2D eigenvalue weighted by molar-refractivity contribution is -0.117. The van der Waals surface area contributed by atoms with Crippen LogP contribution < -0.4 is 5.32 Å². The van der Waals surface area contributed by atoms with Gasteiger partial charge in [0.15, 0.2) is 0 Å². The molecule has 0 bridgehead atoms. The lowest BCUT2D eigenvalue weighted by Gasteiger charge is -2.24. The van der Waals surface area contributed by atoms with Crippen LogP contribution in [0.4, 0.5) is 5.13 Å². The summed E-state index contributed by atoms with van der Waals surface area (Å²) in [6, 6.07) is 8.79. The van der Waals surface area contributed by atoms with Crippen LogP contribution in [0.2, 0.25) is 0 Å². The van der Waals surface area contributed by atoms with Crippen LogP contribution in [0.3, 0.4) is 0 Å². The number of hydrogen-bond donors (Lipinski definition) is 1. The van der Waals surface area contributed by atoms with E-state index in [0.717, 1.165) is 12.8 Å². The van der Waals surface area contributed by atoms with Crippen molar-refractivity contribution in [1.82, 2.24) is 15.1 Å². The van der Waals surface area contributed by atoms with E-state index in [-0.39, 0.29) is 5.91 Å². The molecule has 0 spiro atoms. The largest absolute Gasteiger partial charge is 0.299 e. The quantitative estimate of drug-likeness (QED) is 0.936. The highest BCUT2D eigenvalue weighted by Gasteiger charge is 2.26. The van der Waals surface area contributed by atoms with E-state index >= 15 is 0 Å². The fourth-order valence-electron chi connectivity index (χ4n) is 2.72. The standard InChI is InChI=1S/C14H16N4OS/c1-18(8-13(19)16-14-17-15-9-20-14)12-7-6-10-4-2-3-5-11(10)12/h2-5,9,12H,6-8H2,1H3,(H,16,17,19)/t12-/m0/s1. The first-order valence-electron chi connectivity index (χ1n) is 6.58. The van der Waals surface area contributed by atoms with E-state index in [9.17, 15) is 4.79 Å². The fraction of sp³-hybridized carbons (Fsp3) is 0.357. The Labute approximate surface area is 121 Å². The number of carbonyl (C=O) groups excluding carboxylic acids is 1. The lowest BCUT2D eigenvalue weighted by Crippen LogP contribution is -2.32. The Morgan fingerprint density at radius 1 is 1.50 bits per heavy atom. The van der Waals surface area contributed by atoms with Crippen LogP contribution in [0.25, 0.3) is 0 Å². The van der Waals surface area contributed by atoms with E-state index in [2.05, 4.69) is 44.7 Å². The third-order valence-corrected chi connectivity index (χ3v) is 4.24. The van der Waals surface area contributed by atoms with Gasteiger partial charge in [0.25, 0.3) is 0 Å². The summed E-state index contributed by atoms with van der Waals surface area (Å²) < 4.78 is 0. The minimum absolute atomic E-state index is 0.0476. The minimum Gasteiger partial charge on any atom is -0.299 e. The molecular formula is C14H16N4OS. The van der Waals surface area contributed by atoms with Crippen molar-refractivity contribution in [2.24, 2.45) is 0 Å². The summed E-state index contributed by atoms with van der Waals surface area (Å²) in [6.45, 7) is 0.360. The maximum absolute atomic E-state index is 12.0. The average molecular weight is 288 g/mol. The Morgan fingerprint density at radius 3 is 3.15 bits per heavy atom. The number of aromatic nitrogens is 2. The van der Waals surface area contributed by atoms with Crippen LogP contribution in [0, 0.1) is 0 Å². The van der Waals surface area contributed by atoms with E-state index < -0.39 is 0 Å². The molecule has 1 N–H and O–H groups in total. The van der Waals surface area contributed by atoms with Crippen molar-refractivity contribution in [2.45, 2.75) is 18.9 Å². The molecule has 6 heteroatoms. The van der Waals surface area contributed by atoms with Crippen LogP contribution in [-0.2, 0) is 11.2 Å². The summed E-state index contributed by atoms with van der Waals surface area (Å²) in [4.78, 5) is 14.1. The molecule has 3 rings (SSSR count). The molecular weight excluding hydrogens is 272 g/mol. The van der Waals surface area contributed by atoms with Crippen LogP contribution in [-0.4, -0.2) is 34.6 Å². The number of carbonyl (C=O) groups is 1. The molecule has 0 radical (unpaired) electrons. The monoisotopic (exact) mass is 288 g/mol. The van der Waals surface area contributed by atoms with Crippen molar-refractivity contribution < 1.29 is 4.79 Å². The van der Waals surface area contributed by atoms with Gasteiger partial charge in [-0.05, 0) is 31.0 Å². The Balaban J connectivity index is 1.63. The number of anilines is 1. The van der Waals surface area contributed by atoms with Crippen molar-refractivity contribution >= 4 is 22.4 Å². The van der Waals surface area contributed by atoms with Gasteiger partial charge >= 0.3 is 0 Å². The number of likely N-dealkylation sites (N-methyl/N-ethyl adjacent to an activating group) is 1. The highest BCUT2D eigenvalue weighted by atomic mass is 32.1. The topological polar surface area (TPSA) is 58.1 Å². The molecule has 0 saturated heterocycles. The lowest BCUT2D eigenvalue weighted by atomic mass is 10.1. The van der Waals surface area contributed by atoms with Crippen molar-refractivity contribution in [3.05, 3.63) is 40.9 Å². The number of benzene rings is 1. The Morgan fingerprint density at radius 2 is 2.35 bits per heavy atom. The van der Waals surface area contributed by atoms with Crippen molar-refractivity contribution in [3.8, 4) is 0 Å². The molecule has 0 fully saturated rings. The first kappa shape index (κ1) is 13.2. The molecule has 0 saturated carbocycles. The van der Waals surface area contributed by atoms with Crippen molar-refractivity contribution in [3.63, 3.8) is 0 Å². The fourth-order valence-corrected chi connectivity index (χ4v) is 3.18. The molecule has 1 aromatic heterocycles. The second-order valence-electron chi connectivity index (χ2n) is 4.96. The summed E-state index contributed by atoms with van der Waals surface area (Å²) in [5, 5.41) is 10.8. The van der Waals surface area contributed by atoms with Gasteiger partial charge in [-0.25, -0.2) is 0 Å². The molecule has 1 heterocycles. The van der Waals surface area contributed by atoms with E-state index in [4.69, 9.17) is 0 Å². The number of amides is 1. The molecule has 2 aromatic rings. The molecule has 0 aliphatic heterocycles. The summed E-state index contributed by atoms with van der Waals surface area (Å²) in [6.07, 6.45) is 2.16. The molecule has 1 amide bonds. The second-order valence-corrected chi connectivity index (χ2v) is 5.79. The van der Waals surface area contributed by atoms with Crippen LogP contribution >= 0.6 is 11.3 Å². The smallest absolute Gasteiger partial charge is 0.240 e. The van der Waals surface area contributed by atoms with Crippen LogP contribution in [0.5, 0.6) is 0 Å². The van der Waals surface area contributed by atoms with Gasteiger partial charge in [-0.1, -0.05) is 35.6 Å². The molecule has 1 aromatic carbocycles. The average Bonchev–Trinajstić information content (AvgIpc) is 3.07. The second kappa shape index (κ2) is 5.68. The van der Waals surface area contributed by atoms with Gasteiger partial charge in [0.05, 0.1) is 6.54 Å². The Bertz CT molecular complexity index is 599. The highest BCUT2D eigenvalue weighted by Crippen LogP contribution is 2.34. The number of hydrogen-bond acceptors (Lipinski definition) is 5. The van der Waals surface area contributed by atoms with E-state index in [1.54, 1.807) is 5.51 Å². The molecule has 0 unspecified atom stereocenters. The van der Waals surface area contributed by atoms with Crippen molar-refractivity contribution in [2.75, 3.05) is 18.9 Å². The minimum atomic E-state index is -0.0476. The number of nitrogens with zero attached hydrogens (tertiary/aromatic N) is 3. The van der Waals surface area contributed by atoms with Crippen LogP contribution in [0.1, 0.15) is 23.6 Å². The number of nitrogens with one attached hydrogen (secondary N) is 1. The summed E-state index contributed by atoms with van der Waals surface area (Å²) in [5.74, 6) is -0.0476. The zero-order valence-electron chi connectivity index (χ0n) is 11.2. The molecule has 1 aliphatic rings. The van der Waals surface area contributed by atoms with Gasteiger partial charge in [-0.15, -0.1) is 10.2 Å². The number of fused-ring (bicyclic) bond motifs is 1. The number of aryl methyl sites for hydroxylation is 1. The first-order valence-corrected chi connectivity index (χ1v) is 7.46. The predicted molar refractivity (Wildman–Crippen MR) is 78.7 cm³/mol. The third kappa shape index (κ3) is 2.71. The SMILES string of the molecule is CN(CC(=O)Nc1nncs1)[C@H]1CCc2ccccc21. The molecule has 5 nitrogen and oxygen atoms in total. The molecule has 104 valence electrons. The normalized spacial score (nSPS) is 17.2. The maximum Gasteiger partial charge on any atom is 0.240 e. The first-order chi connectivity index (χ1) is 9.74. The predicted octanol–water partition coefficient (Wildman–Crippen LogP) is 2.10. The Hall–Kier alpha value is -1.79. The van der Waals surface area contributed by atoms with Gasteiger partial charge < -0.3 is 0 Å². The summed E-state index contributed by atoms with van der Waals surface area (Å²) in [7, 11) is 1.99. The van der Waals surface area contributed by atoms with E-state index in [0.29, 0.717) is 17.7 Å². The Kier molecular flexibility index (Phi) is 3.75.